The van der Waals surface area contributed by atoms with Crippen molar-refractivity contribution in [1.82, 2.24) is 14.9 Å². The van der Waals surface area contributed by atoms with Crippen molar-refractivity contribution >= 4 is 11.6 Å². The van der Waals surface area contributed by atoms with Crippen LogP contribution in [0.4, 0.5) is 11.6 Å². The number of anilines is 2. The Morgan fingerprint density at radius 1 is 1.10 bits per heavy atom. The molecule has 0 bridgehead atoms. The van der Waals surface area contributed by atoms with Crippen LogP contribution in [0.15, 0.2) is 0 Å². The molecule has 5 heteroatoms. The summed E-state index contributed by atoms with van der Waals surface area (Å²) in [7, 11) is 0. The van der Waals surface area contributed by atoms with Gasteiger partial charge >= 0.3 is 0 Å². The van der Waals surface area contributed by atoms with E-state index in [9.17, 15) is 0 Å². The van der Waals surface area contributed by atoms with Crippen LogP contribution in [0.1, 0.15) is 43.0 Å². The van der Waals surface area contributed by atoms with Crippen molar-refractivity contribution in [2.45, 2.75) is 44.6 Å². The van der Waals surface area contributed by atoms with Crippen LogP contribution in [-0.4, -0.2) is 47.1 Å². The number of nitrogens with zero attached hydrogens (tertiary/aromatic N) is 4. The lowest BCUT2D eigenvalue weighted by Gasteiger charge is -2.38. The number of fused-ring (bicyclic) bond motifs is 1. The monoisotopic (exact) mass is 273 g/mol. The van der Waals surface area contributed by atoms with Crippen molar-refractivity contribution < 1.29 is 0 Å². The number of hydrogen-bond acceptors (Lipinski definition) is 5. The zero-order chi connectivity index (χ0) is 13.7. The van der Waals surface area contributed by atoms with E-state index in [0.29, 0.717) is 17.8 Å². The molecule has 3 aliphatic rings. The van der Waals surface area contributed by atoms with E-state index >= 15 is 0 Å². The Hall–Kier alpha value is -1.36. The van der Waals surface area contributed by atoms with Crippen LogP contribution in [0.5, 0.6) is 0 Å². The molecule has 2 saturated heterocycles. The van der Waals surface area contributed by atoms with Gasteiger partial charge in [-0.25, -0.2) is 9.97 Å². The van der Waals surface area contributed by atoms with Gasteiger partial charge in [0, 0.05) is 37.2 Å². The van der Waals surface area contributed by atoms with Gasteiger partial charge < -0.3 is 10.6 Å². The molecule has 4 rings (SSSR count). The van der Waals surface area contributed by atoms with Crippen LogP contribution in [0.2, 0.25) is 0 Å². The topological polar surface area (TPSA) is 58.3 Å². The van der Waals surface area contributed by atoms with Gasteiger partial charge in [0.15, 0.2) is 0 Å². The van der Waals surface area contributed by atoms with E-state index in [4.69, 9.17) is 10.7 Å². The molecule has 5 nitrogen and oxygen atoms in total. The Morgan fingerprint density at radius 2 is 1.95 bits per heavy atom. The maximum Gasteiger partial charge on any atom is 0.137 e. The van der Waals surface area contributed by atoms with E-state index in [1.807, 2.05) is 0 Å². The zero-order valence-electron chi connectivity index (χ0n) is 12.2. The first-order valence-corrected chi connectivity index (χ1v) is 7.85. The lowest BCUT2D eigenvalue weighted by atomic mass is 10.1. The Kier molecular flexibility index (Phi) is 2.84. The van der Waals surface area contributed by atoms with Crippen molar-refractivity contribution in [1.29, 1.82) is 0 Å². The van der Waals surface area contributed by atoms with Crippen molar-refractivity contribution in [3.63, 3.8) is 0 Å². The third-order valence-corrected chi connectivity index (χ3v) is 5.00. The van der Waals surface area contributed by atoms with Gasteiger partial charge in [0.25, 0.3) is 0 Å². The third-order valence-electron chi connectivity index (χ3n) is 5.00. The average molecular weight is 273 g/mol. The summed E-state index contributed by atoms with van der Waals surface area (Å²) in [5.41, 5.74) is 7.17. The number of nitrogen functional groups attached to an aromatic ring is 1. The highest BCUT2D eigenvalue weighted by molar-refractivity contribution is 5.57. The highest BCUT2D eigenvalue weighted by Crippen LogP contribution is 2.40. The Bertz CT molecular complexity index is 525. The van der Waals surface area contributed by atoms with Crippen molar-refractivity contribution in [2.24, 2.45) is 0 Å². The molecular formula is C15H23N5. The normalized spacial score (nSPS) is 26.9. The summed E-state index contributed by atoms with van der Waals surface area (Å²) >= 11 is 0. The fourth-order valence-corrected chi connectivity index (χ4v) is 3.55. The number of rotatable bonds is 2. The van der Waals surface area contributed by atoms with Crippen LogP contribution in [0.3, 0.4) is 0 Å². The lowest BCUT2D eigenvalue weighted by Crippen LogP contribution is -2.50. The van der Waals surface area contributed by atoms with Crippen molar-refractivity contribution in [3.8, 4) is 0 Å². The van der Waals surface area contributed by atoms with Crippen molar-refractivity contribution in [3.05, 3.63) is 11.4 Å². The second kappa shape index (κ2) is 4.58. The molecule has 3 heterocycles. The van der Waals surface area contributed by atoms with Gasteiger partial charge in [-0.2, -0.15) is 0 Å². The third kappa shape index (κ3) is 2.04. The number of aromatic nitrogens is 2. The molecule has 0 aromatic carbocycles. The fraction of sp³-hybridized carbons (Fsp3) is 0.733. The predicted octanol–water partition coefficient (Wildman–Crippen LogP) is 1.53. The molecule has 0 amide bonds. The average Bonchev–Trinajstić information content (AvgIpc) is 3.19. The Labute approximate surface area is 120 Å². The van der Waals surface area contributed by atoms with E-state index < -0.39 is 0 Å². The SMILES string of the molecule is Cc1c(N)nc(C2CC2)nc1N1CCN2CCCC2C1. The first-order chi connectivity index (χ1) is 9.72. The maximum atomic E-state index is 6.11. The zero-order valence-corrected chi connectivity index (χ0v) is 12.2. The molecule has 3 fully saturated rings. The van der Waals surface area contributed by atoms with Crippen LogP contribution in [-0.2, 0) is 0 Å². The largest absolute Gasteiger partial charge is 0.383 e. The van der Waals surface area contributed by atoms with E-state index in [1.54, 1.807) is 0 Å². The molecule has 1 aromatic heterocycles. The van der Waals surface area contributed by atoms with E-state index in [2.05, 4.69) is 21.7 Å². The second-order valence-corrected chi connectivity index (χ2v) is 6.47. The molecule has 1 atom stereocenters. The van der Waals surface area contributed by atoms with Gasteiger partial charge in [0.1, 0.15) is 17.5 Å². The standard InChI is InChI=1S/C15H23N5/c1-10-13(16)17-14(11-4-5-11)18-15(10)20-8-7-19-6-2-3-12(19)9-20/h11-12H,2-9H2,1H3,(H2,16,17,18). The minimum absolute atomic E-state index is 0.560. The second-order valence-electron chi connectivity index (χ2n) is 6.47. The van der Waals surface area contributed by atoms with Gasteiger partial charge in [-0.05, 0) is 39.2 Å². The molecule has 108 valence electrons. The molecule has 1 saturated carbocycles. The smallest absolute Gasteiger partial charge is 0.137 e. The summed E-state index contributed by atoms with van der Waals surface area (Å²) in [6, 6.07) is 0.712. The Morgan fingerprint density at radius 3 is 2.75 bits per heavy atom. The van der Waals surface area contributed by atoms with Gasteiger partial charge in [-0.3, -0.25) is 4.90 Å². The number of hydrogen-bond donors (Lipinski definition) is 1. The van der Waals surface area contributed by atoms with Crippen LogP contribution in [0.25, 0.3) is 0 Å². The van der Waals surface area contributed by atoms with Gasteiger partial charge in [-0.15, -0.1) is 0 Å². The van der Waals surface area contributed by atoms with Crippen LogP contribution >= 0.6 is 0 Å². The van der Waals surface area contributed by atoms with E-state index in [-0.39, 0.29) is 0 Å². The molecular weight excluding hydrogens is 250 g/mol. The highest BCUT2D eigenvalue weighted by Gasteiger charge is 2.33. The fourth-order valence-electron chi connectivity index (χ4n) is 3.55. The summed E-state index contributed by atoms with van der Waals surface area (Å²) in [4.78, 5) is 14.4. The molecule has 0 spiro atoms. The molecule has 1 aliphatic carbocycles. The molecule has 1 aromatic rings. The summed E-state index contributed by atoms with van der Waals surface area (Å²) in [6.07, 6.45) is 5.11. The van der Waals surface area contributed by atoms with Crippen molar-refractivity contribution in [2.75, 3.05) is 36.8 Å². The molecule has 2 N–H and O–H groups in total. The van der Waals surface area contributed by atoms with Crippen LogP contribution in [0, 0.1) is 6.92 Å². The summed E-state index contributed by atoms with van der Waals surface area (Å²) in [6.45, 7) is 6.66. The van der Waals surface area contributed by atoms with E-state index in [1.165, 1.54) is 32.2 Å². The van der Waals surface area contributed by atoms with Gasteiger partial charge in [0.2, 0.25) is 0 Å². The minimum Gasteiger partial charge on any atom is -0.383 e. The molecule has 2 aliphatic heterocycles. The summed E-state index contributed by atoms with van der Waals surface area (Å²) in [5, 5.41) is 0. The molecule has 0 radical (unpaired) electrons. The first kappa shape index (κ1) is 12.4. The quantitative estimate of drug-likeness (QED) is 0.885. The maximum absolute atomic E-state index is 6.11. The van der Waals surface area contributed by atoms with Crippen LogP contribution < -0.4 is 10.6 Å². The molecule has 20 heavy (non-hydrogen) atoms. The number of nitrogens with two attached hydrogens (primary N) is 1. The number of piperazine rings is 1. The van der Waals surface area contributed by atoms with E-state index in [0.717, 1.165) is 36.8 Å². The summed E-state index contributed by atoms with van der Waals surface area (Å²) in [5.74, 6) is 3.29. The first-order valence-electron chi connectivity index (χ1n) is 7.85. The minimum atomic E-state index is 0.560. The van der Waals surface area contributed by atoms with Gasteiger partial charge in [0.05, 0.1) is 0 Å². The molecule has 1 unspecified atom stereocenters. The van der Waals surface area contributed by atoms with Gasteiger partial charge in [-0.1, -0.05) is 0 Å². The predicted molar refractivity (Wildman–Crippen MR) is 80.0 cm³/mol. The lowest BCUT2D eigenvalue weighted by molar-refractivity contribution is 0.230. The summed E-state index contributed by atoms with van der Waals surface area (Å²) < 4.78 is 0. The highest BCUT2D eigenvalue weighted by atomic mass is 15.3. The Balaban J connectivity index is 1.63.